The molecule has 0 N–H and O–H groups in total. The topological polar surface area (TPSA) is 69.9 Å². The Labute approximate surface area is 256 Å². The van der Waals surface area contributed by atoms with Crippen molar-refractivity contribution < 1.29 is 14.3 Å². The monoisotopic (exact) mass is 594 g/mol. The van der Waals surface area contributed by atoms with Crippen LogP contribution in [0.3, 0.4) is 0 Å². The zero-order valence-corrected chi connectivity index (χ0v) is 26.6. The molecule has 3 aromatic carbocycles. The number of nitrogens with zero attached hydrogens (tertiary/aromatic N) is 2. The molecule has 0 spiro atoms. The van der Waals surface area contributed by atoms with E-state index in [2.05, 4.69) is 45.9 Å². The molecular weight excluding hydrogens is 556 g/mol. The molecule has 43 heavy (non-hydrogen) atoms. The Morgan fingerprint density at radius 1 is 1.02 bits per heavy atom. The molecule has 0 radical (unpaired) electrons. The first-order chi connectivity index (χ1) is 20.6. The second kappa shape index (κ2) is 12.6. The highest BCUT2D eigenvalue weighted by molar-refractivity contribution is 7.07. The first-order valence-corrected chi connectivity index (χ1v) is 15.5. The zero-order chi connectivity index (χ0) is 30.8. The number of thiazole rings is 1. The fourth-order valence-electron chi connectivity index (χ4n) is 5.46. The molecule has 1 aliphatic rings. The van der Waals surface area contributed by atoms with Gasteiger partial charge in [-0.3, -0.25) is 9.36 Å². The van der Waals surface area contributed by atoms with E-state index in [0.717, 1.165) is 33.6 Å². The number of ether oxygens (including phenoxy) is 2. The molecule has 0 unspecified atom stereocenters. The molecule has 0 saturated heterocycles. The third-order valence-electron chi connectivity index (χ3n) is 7.82. The Bertz CT molecular complexity index is 1860. The molecule has 2 heterocycles. The van der Waals surface area contributed by atoms with Crippen LogP contribution in [-0.2, 0) is 9.53 Å². The summed E-state index contributed by atoms with van der Waals surface area (Å²) in [5.74, 6) is 0.949. The van der Waals surface area contributed by atoms with Crippen LogP contribution in [0.2, 0.25) is 0 Å². The van der Waals surface area contributed by atoms with Crippen LogP contribution < -0.4 is 19.6 Å². The third kappa shape index (κ3) is 5.87. The molecule has 0 fully saturated rings. The van der Waals surface area contributed by atoms with E-state index in [-0.39, 0.29) is 18.1 Å². The second-order valence-electron chi connectivity index (χ2n) is 11.4. The minimum absolute atomic E-state index is 0.197. The number of hydrogen-bond donors (Lipinski definition) is 0. The van der Waals surface area contributed by atoms with Crippen LogP contribution >= 0.6 is 11.3 Å². The van der Waals surface area contributed by atoms with Crippen molar-refractivity contribution in [2.24, 2.45) is 4.99 Å². The average Bonchev–Trinajstić information content (AvgIpc) is 3.31. The highest BCUT2D eigenvalue weighted by Gasteiger charge is 2.35. The van der Waals surface area contributed by atoms with Gasteiger partial charge in [-0.2, -0.15) is 0 Å². The number of rotatable bonds is 8. The summed E-state index contributed by atoms with van der Waals surface area (Å²) < 4.78 is 13.4. The Balaban J connectivity index is 1.81. The van der Waals surface area contributed by atoms with Crippen molar-refractivity contribution in [3.8, 4) is 5.75 Å². The van der Waals surface area contributed by atoms with Crippen LogP contribution in [0.25, 0.3) is 11.8 Å². The van der Waals surface area contributed by atoms with Gasteiger partial charge < -0.3 is 9.47 Å². The van der Waals surface area contributed by atoms with Crippen LogP contribution in [-0.4, -0.2) is 24.3 Å². The molecule has 222 valence electrons. The van der Waals surface area contributed by atoms with E-state index in [1.807, 2.05) is 61.5 Å². The van der Waals surface area contributed by atoms with Gasteiger partial charge in [0.2, 0.25) is 0 Å². The number of hydrogen-bond acceptors (Lipinski definition) is 6. The summed E-state index contributed by atoms with van der Waals surface area (Å²) in [5.41, 5.74) is 6.50. The van der Waals surface area contributed by atoms with Gasteiger partial charge in [0.1, 0.15) is 5.75 Å². The van der Waals surface area contributed by atoms with E-state index in [4.69, 9.17) is 14.5 Å². The number of esters is 1. The maximum absolute atomic E-state index is 14.3. The van der Waals surface area contributed by atoms with Crippen molar-refractivity contribution in [3.63, 3.8) is 0 Å². The SMILES string of the molecule is CCOC(=O)C1=C(c2ccccc2)N=c2s/c(=C/c3cc(C(C)C)c(OC)cc3C)c(=O)n2[C@H]1c1ccc(C(C)C)cc1. The van der Waals surface area contributed by atoms with Gasteiger partial charge in [0.25, 0.3) is 5.56 Å². The summed E-state index contributed by atoms with van der Waals surface area (Å²) in [6.07, 6.45) is 1.93. The molecule has 1 atom stereocenters. The predicted octanol–water partition coefficient (Wildman–Crippen LogP) is 6.50. The Hall–Kier alpha value is -4.23. The lowest BCUT2D eigenvalue weighted by molar-refractivity contribution is -0.138. The van der Waals surface area contributed by atoms with E-state index >= 15 is 0 Å². The number of carbonyl (C=O) groups excluding carboxylic acids is 1. The van der Waals surface area contributed by atoms with Crippen molar-refractivity contribution in [2.45, 2.75) is 59.4 Å². The molecule has 4 aromatic rings. The number of carbonyl (C=O) groups is 1. The minimum Gasteiger partial charge on any atom is -0.496 e. The Morgan fingerprint density at radius 2 is 1.72 bits per heavy atom. The molecular formula is C36H38N2O4S. The van der Waals surface area contributed by atoms with Gasteiger partial charge >= 0.3 is 5.97 Å². The summed E-state index contributed by atoms with van der Waals surface area (Å²) in [7, 11) is 1.68. The van der Waals surface area contributed by atoms with Crippen LogP contribution in [0.5, 0.6) is 5.75 Å². The number of benzene rings is 3. The van der Waals surface area contributed by atoms with Crippen LogP contribution in [0, 0.1) is 6.92 Å². The molecule has 7 heteroatoms. The summed E-state index contributed by atoms with van der Waals surface area (Å²) in [6.45, 7) is 12.5. The van der Waals surface area contributed by atoms with Crippen molar-refractivity contribution in [3.05, 3.63) is 125 Å². The van der Waals surface area contributed by atoms with Crippen molar-refractivity contribution >= 4 is 29.1 Å². The van der Waals surface area contributed by atoms with Gasteiger partial charge in [-0.15, -0.1) is 0 Å². The standard InChI is InChI=1S/C36H38N2O4S/c1-8-42-35(40)31-32(25-12-10-9-11-13-25)37-36-38(33(31)26-16-14-24(15-17-26)21(2)3)34(39)30(43-36)20-27-19-28(22(4)5)29(41-7)18-23(27)6/h9-22,33H,8H2,1-7H3/b30-20+/t33-/m0/s1. The highest BCUT2D eigenvalue weighted by Crippen LogP contribution is 2.36. The first kappa shape index (κ1) is 30.2. The normalized spacial score (nSPS) is 15.1. The molecule has 1 aliphatic heterocycles. The lowest BCUT2D eigenvalue weighted by Gasteiger charge is -2.26. The van der Waals surface area contributed by atoms with Crippen molar-refractivity contribution in [2.75, 3.05) is 13.7 Å². The van der Waals surface area contributed by atoms with Gasteiger partial charge in [-0.25, -0.2) is 9.79 Å². The van der Waals surface area contributed by atoms with Gasteiger partial charge in [-0.05, 0) is 71.7 Å². The number of aryl methyl sites for hydroxylation is 1. The van der Waals surface area contributed by atoms with E-state index in [9.17, 15) is 9.59 Å². The zero-order valence-electron chi connectivity index (χ0n) is 25.8. The van der Waals surface area contributed by atoms with Crippen LogP contribution in [0.15, 0.2) is 82.1 Å². The van der Waals surface area contributed by atoms with Crippen molar-refractivity contribution in [1.29, 1.82) is 0 Å². The average molecular weight is 595 g/mol. The molecule has 0 amide bonds. The summed E-state index contributed by atoms with van der Waals surface area (Å²) >= 11 is 1.33. The maximum Gasteiger partial charge on any atom is 0.338 e. The molecule has 0 aliphatic carbocycles. The predicted molar refractivity (Wildman–Crippen MR) is 173 cm³/mol. The molecule has 0 bridgehead atoms. The summed E-state index contributed by atoms with van der Waals surface area (Å²) in [6, 6.07) is 21.2. The molecule has 1 aromatic heterocycles. The lowest BCUT2D eigenvalue weighted by Crippen LogP contribution is -2.40. The van der Waals surface area contributed by atoms with Crippen LogP contribution in [0.4, 0.5) is 0 Å². The smallest absolute Gasteiger partial charge is 0.338 e. The highest BCUT2D eigenvalue weighted by atomic mass is 32.1. The van der Waals surface area contributed by atoms with E-state index in [0.29, 0.717) is 26.5 Å². The molecule has 0 saturated carbocycles. The minimum atomic E-state index is -0.697. The fourth-order valence-corrected chi connectivity index (χ4v) is 6.45. The number of methoxy groups -OCH3 is 1. The molecule has 5 rings (SSSR count). The third-order valence-corrected chi connectivity index (χ3v) is 8.80. The largest absolute Gasteiger partial charge is 0.496 e. The quantitative estimate of drug-likeness (QED) is 0.219. The van der Waals surface area contributed by atoms with Crippen molar-refractivity contribution in [1.82, 2.24) is 4.57 Å². The molecule has 6 nitrogen and oxygen atoms in total. The van der Waals surface area contributed by atoms with E-state index in [1.165, 1.54) is 16.9 Å². The summed E-state index contributed by atoms with van der Waals surface area (Å²) in [4.78, 5) is 33.5. The number of fused-ring (bicyclic) bond motifs is 1. The van der Waals surface area contributed by atoms with E-state index in [1.54, 1.807) is 18.6 Å². The summed E-state index contributed by atoms with van der Waals surface area (Å²) in [5, 5.41) is 0. The Morgan fingerprint density at radius 3 is 2.33 bits per heavy atom. The first-order valence-electron chi connectivity index (χ1n) is 14.7. The number of aromatic nitrogens is 1. The van der Waals surface area contributed by atoms with Crippen LogP contribution in [0.1, 0.15) is 85.9 Å². The Kier molecular flexibility index (Phi) is 8.83. The maximum atomic E-state index is 14.3. The van der Waals surface area contributed by atoms with Gasteiger partial charge in [-0.1, -0.05) is 93.6 Å². The lowest BCUT2D eigenvalue weighted by atomic mass is 9.91. The fraction of sp³-hybridized carbons (Fsp3) is 0.306. The van der Waals surface area contributed by atoms with Gasteiger partial charge in [0.15, 0.2) is 4.80 Å². The van der Waals surface area contributed by atoms with Gasteiger partial charge in [0, 0.05) is 5.56 Å². The van der Waals surface area contributed by atoms with E-state index < -0.39 is 12.0 Å². The van der Waals surface area contributed by atoms with Gasteiger partial charge in [0.05, 0.1) is 35.6 Å². The second-order valence-corrected chi connectivity index (χ2v) is 12.4.